The molecule has 0 fully saturated rings. The molecule has 1 aliphatic heterocycles. The lowest BCUT2D eigenvalue weighted by molar-refractivity contribution is 1.22. The Kier molecular flexibility index (Phi) is 6.07. The fraction of sp³-hybridized carbons (Fsp3) is 0.235. The summed E-state index contributed by atoms with van der Waals surface area (Å²) in [5.41, 5.74) is 6.24. The van der Waals surface area contributed by atoms with Crippen LogP contribution < -0.4 is 5.30 Å². The van der Waals surface area contributed by atoms with Crippen LogP contribution in [0.1, 0.15) is 21.7 Å². The Morgan fingerprint density at radius 2 is 0.865 bits per heavy atom. The molecule has 0 aromatic heterocycles. The Morgan fingerprint density at radius 3 is 1.30 bits per heavy atom. The van der Waals surface area contributed by atoms with Gasteiger partial charge in [-0.05, 0) is 49.1 Å². The molecule has 0 saturated heterocycles. The van der Waals surface area contributed by atoms with Crippen LogP contribution in [0.4, 0.5) is 0 Å². The lowest BCUT2D eigenvalue weighted by Gasteiger charge is -2.44. The zero-order valence-electron chi connectivity index (χ0n) is 22.9. The van der Waals surface area contributed by atoms with E-state index in [1.165, 1.54) is 32.7 Å². The Morgan fingerprint density at radius 1 is 0.459 bits per heavy atom. The summed E-state index contributed by atoms with van der Waals surface area (Å²) in [6.07, 6.45) is 0. The summed E-state index contributed by atoms with van der Waals surface area (Å²) in [5.74, 6) is 0. The molecule has 6 rings (SSSR count). The number of hydrogen-bond acceptors (Lipinski definition) is 0. The minimum absolute atomic E-state index is 0.457. The lowest BCUT2D eigenvalue weighted by Crippen LogP contribution is -2.38. The van der Waals surface area contributed by atoms with Gasteiger partial charge in [0.05, 0.1) is 16.1 Å². The maximum atomic E-state index is 2.62. The predicted octanol–water partition coefficient (Wildman–Crippen LogP) is 10.3. The molecule has 5 aromatic carbocycles. The first-order chi connectivity index (χ1) is 17.7. The normalized spacial score (nSPS) is 18.4. The average Bonchev–Trinajstić information content (AvgIpc) is 3.02. The van der Waals surface area contributed by atoms with E-state index in [0.29, 0.717) is 10.6 Å². The van der Waals surface area contributed by atoms with Crippen LogP contribution in [-0.2, 0) is 0 Å². The fourth-order valence-corrected chi connectivity index (χ4v) is 20.4. The SMILES string of the molecule is C[Si](C)(C)[C@H]1c2ccc3ccccc3c2-c2c(ccc3ccccc23)[C@H]([Si](C)(C)C)P1c1ccccc1. The van der Waals surface area contributed by atoms with Crippen molar-refractivity contribution in [1.29, 1.82) is 0 Å². The van der Waals surface area contributed by atoms with Crippen LogP contribution in [0.15, 0.2) is 103 Å². The van der Waals surface area contributed by atoms with Gasteiger partial charge in [0.15, 0.2) is 0 Å². The standard InChI is InChI=1S/C34H37PSi2/c1-36(2,3)33-29-22-20-24-14-10-12-18-27(24)31(29)32-28-19-13-11-15-25(28)21-23-30(32)34(37(4,5)6)35(33)26-16-8-7-9-17-26/h7-23,33-34H,1-6H3/t33-,34-/m0/s1. The van der Waals surface area contributed by atoms with Crippen LogP contribution in [0.5, 0.6) is 0 Å². The van der Waals surface area contributed by atoms with Gasteiger partial charge in [0.1, 0.15) is 0 Å². The molecule has 186 valence electrons. The largest absolute Gasteiger partial charge is 0.0688 e. The van der Waals surface area contributed by atoms with Gasteiger partial charge in [-0.1, -0.05) is 150 Å². The predicted molar refractivity (Wildman–Crippen MR) is 172 cm³/mol. The molecule has 0 bridgehead atoms. The Labute approximate surface area is 225 Å². The second kappa shape index (κ2) is 9.05. The van der Waals surface area contributed by atoms with E-state index in [1.54, 1.807) is 16.4 Å². The van der Waals surface area contributed by atoms with E-state index >= 15 is 0 Å². The quantitative estimate of drug-likeness (QED) is 0.160. The first-order valence-electron chi connectivity index (χ1n) is 13.5. The smallest absolute Gasteiger partial charge is 0.0576 e. The average molecular weight is 533 g/mol. The molecular weight excluding hydrogens is 496 g/mol. The van der Waals surface area contributed by atoms with E-state index in [4.69, 9.17) is 0 Å². The zero-order valence-corrected chi connectivity index (χ0v) is 25.8. The van der Waals surface area contributed by atoms with Crippen molar-refractivity contribution in [2.45, 2.75) is 49.8 Å². The topological polar surface area (TPSA) is 0 Å². The molecule has 0 amide bonds. The van der Waals surface area contributed by atoms with Gasteiger partial charge in [-0.15, -0.1) is 0 Å². The Hall–Kier alpha value is -2.52. The summed E-state index contributed by atoms with van der Waals surface area (Å²) in [6, 6.07) is 39.7. The van der Waals surface area contributed by atoms with Crippen LogP contribution in [0, 0.1) is 0 Å². The third kappa shape index (κ3) is 4.14. The van der Waals surface area contributed by atoms with Crippen LogP contribution in [0.3, 0.4) is 0 Å². The number of hydrogen-bond donors (Lipinski definition) is 0. The van der Waals surface area contributed by atoms with Crippen molar-refractivity contribution in [3.05, 3.63) is 114 Å². The van der Waals surface area contributed by atoms with Gasteiger partial charge >= 0.3 is 0 Å². The van der Waals surface area contributed by atoms with Crippen molar-refractivity contribution < 1.29 is 0 Å². The highest BCUT2D eigenvalue weighted by Gasteiger charge is 2.48. The van der Waals surface area contributed by atoms with E-state index in [2.05, 4.69) is 142 Å². The summed E-state index contributed by atoms with van der Waals surface area (Å²) < 4.78 is 0. The van der Waals surface area contributed by atoms with E-state index in [-0.39, 0.29) is 0 Å². The first-order valence-corrected chi connectivity index (χ1v) is 22.2. The number of benzene rings is 5. The molecule has 0 saturated carbocycles. The van der Waals surface area contributed by atoms with Crippen molar-refractivity contribution in [3.8, 4) is 11.1 Å². The fourth-order valence-electron chi connectivity index (χ4n) is 6.71. The molecule has 1 heterocycles. The molecule has 37 heavy (non-hydrogen) atoms. The van der Waals surface area contributed by atoms with Crippen molar-refractivity contribution in [2.75, 3.05) is 0 Å². The van der Waals surface area contributed by atoms with E-state index < -0.39 is 24.1 Å². The highest BCUT2D eigenvalue weighted by molar-refractivity contribution is 7.71. The van der Waals surface area contributed by atoms with Gasteiger partial charge in [-0.25, -0.2) is 0 Å². The van der Waals surface area contributed by atoms with Crippen molar-refractivity contribution >= 4 is 50.9 Å². The third-order valence-electron chi connectivity index (χ3n) is 8.01. The molecule has 0 nitrogen and oxygen atoms in total. The Balaban J connectivity index is 1.87. The molecule has 0 N–H and O–H groups in total. The first kappa shape index (κ1) is 24.8. The Bertz CT molecular complexity index is 1510. The summed E-state index contributed by atoms with van der Waals surface area (Å²) in [7, 11) is -3.76. The van der Waals surface area contributed by atoms with E-state index in [1.807, 2.05) is 0 Å². The third-order valence-corrected chi connectivity index (χ3v) is 20.8. The van der Waals surface area contributed by atoms with Crippen molar-refractivity contribution in [2.24, 2.45) is 0 Å². The molecule has 0 unspecified atom stereocenters. The molecule has 1 aliphatic rings. The molecule has 0 aliphatic carbocycles. The molecule has 3 heteroatoms. The number of rotatable bonds is 3. The highest BCUT2D eigenvalue weighted by Crippen LogP contribution is 2.70. The minimum atomic E-state index is -1.65. The molecule has 0 spiro atoms. The summed E-state index contributed by atoms with van der Waals surface area (Å²) in [6.45, 7) is 15.7. The summed E-state index contributed by atoms with van der Waals surface area (Å²) in [5, 5.41) is 8.30. The molecule has 0 radical (unpaired) electrons. The van der Waals surface area contributed by atoms with Crippen LogP contribution in [-0.4, -0.2) is 16.1 Å². The monoisotopic (exact) mass is 532 g/mol. The summed E-state index contributed by atoms with van der Waals surface area (Å²) >= 11 is 0. The van der Waals surface area contributed by atoms with Crippen molar-refractivity contribution in [3.63, 3.8) is 0 Å². The van der Waals surface area contributed by atoms with Gasteiger partial charge in [-0.3, -0.25) is 0 Å². The second-order valence-corrected chi connectivity index (χ2v) is 26.7. The van der Waals surface area contributed by atoms with Crippen molar-refractivity contribution in [1.82, 2.24) is 0 Å². The van der Waals surface area contributed by atoms with E-state index in [9.17, 15) is 0 Å². The molecule has 5 aromatic rings. The van der Waals surface area contributed by atoms with Gasteiger partial charge in [-0.2, -0.15) is 0 Å². The summed E-state index contributed by atoms with van der Waals surface area (Å²) in [4.78, 5) is 0. The van der Waals surface area contributed by atoms with Gasteiger partial charge in [0.25, 0.3) is 0 Å². The van der Waals surface area contributed by atoms with E-state index in [0.717, 1.165) is 0 Å². The second-order valence-electron chi connectivity index (χ2n) is 12.8. The minimum Gasteiger partial charge on any atom is -0.0688 e. The lowest BCUT2D eigenvalue weighted by atomic mass is 9.88. The van der Waals surface area contributed by atoms with Gasteiger partial charge < -0.3 is 0 Å². The maximum Gasteiger partial charge on any atom is 0.0576 e. The highest BCUT2D eigenvalue weighted by atomic mass is 31.1. The zero-order chi connectivity index (χ0) is 25.9. The maximum absolute atomic E-state index is 2.62. The van der Waals surface area contributed by atoms with Crippen LogP contribution >= 0.6 is 7.92 Å². The molecule has 2 atom stereocenters. The van der Waals surface area contributed by atoms with Gasteiger partial charge in [0, 0.05) is 10.6 Å². The number of fused-ring (bicyclic) bond motifs is 7. The van der Waals surface area contributed by atoms with Gasteiger partial charge in [0.2, 0.25) is 0 Å². The van der Waals surface area contributed by atoms with Crippen LogP contribution in [0.2, 0.25) is 39.3 Å². The van der Waals surface area contributed by atoms with Crippen LogP contribution in [0.25, 0.3) is 32.7 Å². The molecular formula is C34H37PSi2.